The molecule has 2 N–H and O–H groups in total. The summed E-state index contributed by atoms with van der Waals surface area (Å²) in [5.41, 5.74) is 2.74. The molecule has 0 spiro atoms. The first-order valence-corrected chi connectivity index (χ1v) is 11.9. The van der Waals surface area contributed by atoms with Gasteiger partial charge in [0.15, 0.2) is 0 Å². The highest BCUT2D eigenvalue weighted by Gasteiger charge is 2.19. The Labute approximate surface area is 189 Å². The molecule has 164 valence electrons. The molecule has 1 fully saturated rings. The van der Waals surface area contributed by atoms with Crippen LogP contribution in [0, 0.1) is 6.92 Å². The molecule has 0 bridgehead atoms. The van der Waals surface area contributed by atoms with Crippen molar-refractivity contribution in [1.29, 1.82) is 0 Å². The highest BCUT2D eigenvalue weighted by Crippen LogP contribution is 2.25. The van der Waals surface area contributed by atoms with Gasteiger partial charge < -0.3 is 19.8 Å². The summed E-state index contributed by atoms with van der Waals surface area (Å²) in [5.74, 6) is 1.77. The third kappa shape index (κ3) is 5.61. The highest BCUT2D eigenvalue weighted by molar-refractivity contribution is 7.86. The maximum atomic E-state index is 12.4. The molecule has 31 heavy (non-hydrogen) atoms. The van der Waals surface area contributed by atoms with Gasteiger partial charge in [-0.1, -0.05) is 29.3 Å². The highest BCUT2D eigenvalue weighted by atomic mass is 35.5. The van der Waals surface area contributed by atoms with Gasteiger partial charge in [0.1, 0.15) is 22.0 Å². The average molecular weight is 460 g/mol. The van der Waals surface area contributed by atoms with E-state index in [0.29, 0.717) is 29.2 Å². The monoisotopic (exact) mass is 459 g/mol. The summed E-state index contributed by atoms with van der Waals surface area (Å²) < 4.78 is 15.5. The Balaban J connectivity index is 1.47. The quantitative estimate of drug-likeness (QED) is 0.525. The lowest BCUT2D eigenvalue weighted by molar-refractivity contribution is 0.311. The maximum absolute atomic E-state index is 12.4. The number of piperazine rings is 1. The predicted molar refractivity (Wildman–Crippen MR) is 128 cm³/mol. The zero-order valence-corrected chi connectivity index (χ0v) is 19.2. The van der Waals surface area contributed by atoms with Crippen molar-refractivity contribution in [2.45, 2.75) is 6.92 Å². The Morgan fingerprint density at radius 3 is 2.61 bits per heavy atom. The van der Waals surface area contributed by atoms with Gasteiger partial charge in [-0.3, -0.25) is 0 Å². The number of rotatable bonds is 7. The Morgan fingerprint density at radius 2 is 1.87 bits per heavy atom. The molecule has 8 nitrogen and oxygen atoms in total. The van der Waals surface area contributed by atoms with Crippen LogP contribution < -0.4 is 14.9 Å². The minimum atomic E-state index is -1.21. The van der Waals surface area contributed by atoms with E-state index < -0.39 is 11.0 Å². The minimum Gasteiger partial charge on any atom is -0.368 e. The Kier molecular flexibility index (Phi) is 6.84. The number of benzene rings is 1. The number of halogens is 1. The first-order chi connectivity index (χ1) is 15.0. The number of anilines is 3. The van der Waals surface area contributed by atoms with Crippen molar-refractivity contribution < 1.29 is 4.21 Å². The van der Waals surface area contributed by atoms with E-state index in [-0.39, 0.29) is 0 Å². The van der Waals surface area contributed by atoms with Crippen molar-refractivity contribution in [3.05, 3.63) is 47.2 Å². The molecule has 1 atom stereocenters. The summed E-state index contributed by atoms with van der Waals surface area (Å²) >= 11 is 6.11. The van der Waals surface area contributed by atoms with Crippen molar-refractivity contribution in [2.75, 3.05) is 60.5 Å². The topological polar surface area (TPSA) is 86.3 Å². The van der Waals surface area contributed by atoms with Crippen LogP contribution in [0.1, 0.15) is 5.56 Å². The minimum absolute atomic E-state index is 0.385. The Hall–Kier alpha value is -2.49. The molecule has 0 radical (unpaired) electrons. The Bertz CT molecular complexity index is 1070. The number of nitrogens with one attached hydrogen (secondary N) is 2. The third-order valence-corrected chi connectivity index (χ3v) is 6.43. The largest absolute Gasteiger partial charge is 0.368 e. The molecule has 1 aliphatic heterocycles. The maximum Gasteiger partial charge on any atom is 0.228 e. The number of aryl methyl sites for hydroxylation is 1. The molecule has 1 aliphatic rings. The summed E-state index contributed by atoms with van der Waals surface area (Å²) in [5, 5.41) is 4.51. The Morgan fingerprint density at radius 1 is 1.13 bits per heavy atom. The van der Waals surface area contributed by atoms with Crippen LogP contribution in [-0.4, -0.2) is 69.6 Å². The van der Waals surface area contributed by atoms with E-state index >= 15 is 0 Å². The fourth-order valence-corrected chi connectivity index (χ4v) is 4.29. The van der Waals surface area contributed by atoms with E-state index in [1.807, 2.05) is 31.2 Å². The summed E-state index contributed by atoms with van der Waals surface area (Å²) in [6.45, 7) is 6.17. The number of hydrogen-bond acceptors (Lipinski definition) is 7. The van der Waals surface area contributed by atoms with Crippen molar-refractivity contribution >= 4 is 50.9 Å². The van der Waals surface area contributed by atoms with Gasteiger partial charge in [0.2, 0.25) is 5.95 Å². The summed E-state index contributed by atoms with van der Waals surface area (Å²) in [4.78, 5) is 18.1. The van der Waals surface area contributed by atoms with Crippen molar-refractivity contribution in [3.8, 4) is 0 Å². The van der Waals surface area contributed by atoms with Crippen LogP contribution in [0.25, 0.3) is 10.9 Å². The molecule has 2 aromatic heterocycles. The smallest absolute Gasteiger partial charge is 0.228 e. The van der Waals surface area contributed by atoms with Crippen molar-refractivity contribution in [1.82, 2.24) is 19.9 Å². The molecule has 1 saturated heterocycles. The first-order valence-electron chi connectivity index (χ1n) is 10.2. The zero-order valence-electron chi connectivity index (χ0n) is 17.6. The summed E-state index contributed by atoms with van der Waals surface area (Å²) in [6, 6.07) is 9.59. The molecule has 3 aromatic rings. The second-order valence-corrected chi connectivity index (χ2v) is 9.32. The lowest BCUT2D eigenvalue weighted by Gasteiger charge is -2.32. The molecule has 1 aromatic carbocycles. The van der Waals surface area contributed by atoms with E-state index in [9.17, 15) is 4.21 Å². The van der Waals surface area contributed by atoms with E-state index in [1.165, 1.54) is 0 Å². The summed E-state index contributed by atoms with van der Waals surface area (Å²) in [7, 11) is 0.900. The van der Waals surface area contributed by atoms with Gasteiger partial charge in [-0.15, -0.1) is 0 Å². The zero-order chi connectivity index (χ0) is 21.8. The standard InChI is InChI=1S/C21H26ClN7OS/c1-15-3-5-16(6-4-15)27-31(30)12-7-23-20-17-13-19(22)24-14-18(17)25-21(26-20)29-10-8-28(2)9-11-29/h3-6,13-14,27H,7-12H2,1-2H3,(H,23,25,26). The molecule has 4 rings (SSSR count). The lowest BCUT2D eigenvalue weighted by Crippen LogP contribution is -2.45. The van der Waals surface area contributed by atoms with Gasteiger partial charge in [0.25, 0.3) is 0 Å². The summed E-state index contributed by atoms with van der Waals surface area (Å²) in [6.07, 6.45) is 1.67. The molecule has 1 unspecified atom stereocenters. The number of pyridine rings is 1. The molecule has 0 amide bonds. The van der Waals surface area contributed by atoms with Gasteiger partial charge in [-0.2, -0.15) is 4.98 Å². The molecular weight excluding hydrogens is 434 g/mol. The normalized spacial score (nSPS) is 15.8. The van der Waals surface area contributed by atoms with Gasteiger partial charge in [0, 0.05) is 43.8 Å². The SMILES string of the molecule is Cc1ccc(NS(=O)CCNc2nc(N3CCN(C)CC3)nc3cnc(Cl)cc23)cc1. The van der Waals surface area contributed by atoms with Crippen LogP contribution >= 0.6 is 11.6 Å². The van der Waals surface area contributed by atoms with E-state index in [4.69, 9.17) is 21.6 Å². The van der Waals surface area contributed by atoms with Gasteiger partial charge in [0.05, 0.1) is 17.5 Å². The fraction of sp³-hybridized carbons (Fsp3) is 0.381. The van der Waals surface area contributed by atoms with Crippen molar-refractivity contribution in [2.24, 2.45) is 0 Å². The number of fused-ring (bicyclic) bond motifs is 1. The molecule has 10 heteroatoms. The molecule has 0 saturated carbocycles. The van der Waals surface area contributed by atoms with Gasteiger partial charge in [-0.05, 0) is 32.2 Å². The van der Waals surface area contributed by atoms with E-state index in [1.54, 1.807) is 12.3 Å². The van der Waals surface area contributed by atoms with Gasteiger partial charge >= 0.3 is 0 Å². The lowest BCUT2D eigenvalue weighted by atomic mass is 10.2. The van der Waals surface area contributed by atoms with Crippen LogP contribution in [0.5, 0.6) is 0 Å². The molecular formula is C21H26ClN7OS. The van der Waals surface area contributed by atoms with Crippen molar-refractivity contribution in [3.63, 3.8) is 0 Å². The molecule has 0 aliphatic carbocycles. The number of hydrogen-bond donors (Lipinski definition) is 2. The number of likely N-dealkylation sites (N-methyl/N-ethyl adjacent to an activating group) is 1. The average Bonchev–Trinajstić information content (AvgIpc) is 2.76. The van der Waals surface area contributed by atoms with Crippen LogP contribution in [0.15, 0.2) is 36.5 Å². The predicted octanol–water partition coefficient (Wildman–Crippen LogP) is 2.93. The van der Waals surface area contributed by atoms with E-state index in [0.717, 1.165) is 48.3 Å². The van der Waals surface area contributed by atoms with Crippen LogP contribution in [0.2, 0.25) is 5.15 Å². The van der Waals surface area contributed by atoms with Crippen LogP contribution in [0.3, 0.4) is 0 Å². The third-order valence-electron chi connectivity index (χ3n) is 5.19. The number of aromatic nitrogens is 3. The van der Waals surface area contributed by atoms with E-state index in [2.05, 4.69) is 31.9 Å². The first kappa shape index (κ1) is 21.7. The van der Waals surface area contributed by atoms with Gasteiger partial charge in [-0.25, -0.2) is 14.2 Å². The molecule has 3 heterocycles. The van der Waals surface area contributed by atoms with Crippen LogP contribution in [-0.2, 0) is 11.0 Å². The second kappa shape index (κ2) is 9.76. The fourth-order valence-electron chi connectivity index (χ4n) is 3.34. The van der Waals surface area contributed by atoms with Crippen LogP contribution in [0.4, 0.5) is 17.5 Å². The number of nitrogens with zero attached hydrogens (tertiary/aromatic N) is 5. The second-order valence-electron chi connectivity index (χ2n) is 7.63.